The molecule has 2 aliphatic rings. The molecule has 2 amide bonds. The summed E-state index contributed by atoms with van der Waals surface area (Å²) in [4.78, 5) is 13.2. The third kappa shape index (κ3) is 3.19. The number of benzene rings is 1. The van der Waals surface area contributed by atoms with E-state index in [0.29, 0.717) is 0 Å². The lowest BCUT2D eigenvalue weighted by atomic mass is 9.85. The number of rotatable bonds is 4. The number of amides is 2. The summed E-state index contributed by atoms with van der Waals surface area (Å²) in [5.41, 5.74) is -3.22. The van der Waals surface area contributed by atoms with Gasteiger partial charge in [-0.1, -0.05) is 6.42 Å². The molecule has 0 bridgehead atoms. The van der Waals surface area contributed by atoms with Crippen LogP contribution in [0.5, 0.6) is 0 Å². The molecular formula is C17H20F4N2O2. The maximum atomic E-state index is 14.2. The fourth-order valence-electron chi connectivity index (χ4n) is 3.20. The second-order valence-electron chi connectivity index (χ2n) is 6.57. The van der Waals surface area contributed by atoms with Gasteiger partial charge in [0.05, 0.1) is 13.2 Å². The number of likely N-dealkylation sites (N-methyl/N-ethyl adjacent to an activating group) is 1. The molecule has 1 aliphatic carbocycles. The fourth-order valence-corrected chi connectivity index (χ4v) is 3.20. The Morgan fingerprint density at radius 3 is 2.64 bits per heavy atom. The number of ether oxygens (including phenoxy) is 1. The number of hydrogen-bond donors (Lipinski definition) is 1. The number of halogens is 4. The van der Waals surface area contributed by atoms with E-state index >= 15 is 0 Å². The van der Waals surface area contributed by atoms with Crippen LogP contribution in [0.2, 0.25) is 0 Å². The minimum absolute atomic E-state index is 0.0678. The standard InChI is InChI=1S/C17H20F4N2O2/c1-2-23-10-16(17(19,20)21,25-9-11-4-3-5-11)13-8-12(18)6-7-14(13)22-15(23)24/h6-8,11H,2-5,9-10H2,1H3,(H,22,24)/t16-/m0/s1. The van der Waals surface area contributed by atoms with E-state index in [1.54, 1.807) is 6.92 Å². The second kappa shape index (κ2) is 6.48. The molecule has 138 valence electrons. The van der Waals surface area contributed by atoms with Crippen molar-refractivity contribution in [1.29, 1.82) is 0 Å². The van der Waals surface area contributed by atoms with Crippen LogP contribution in [0.15, 0.2) is 18.2 Å². The van der Waals surface area contributed by atoms with Crippen molar-refractivity contribution in [1.82, 2.24) is 4.90 Å². The quantitative estimate of drug-likeness (QED) is 0.815. The SMILES string of the molecule is CCN1C[C@@](OCC2CCC2)(C(F)(F)F)c2cc(F)ccc2NC1=O. The second-order valence-corrected chi connectivity index (χ2v) is 6.57. The molecule has 1 aliphatic heterocycles. The highest BCUT2D eigenvalue weighted by Crippen LogP contribution is 2.48. The molecule has 1 aromatic rings. The average Bonchev–Trinajstić information content (AvgIpc) is 2.60. The van der Waals surface area contributed by atoms with Gasteiger partial charge in [-0.25, -0.2) is 9.18 Å². The molecule has 0 saturated heterocycles. The van der Waals surface area contributed by atoms with Gasteiger partial charge in [-0.15, -0.1) is 0 Å². The topological polar surface area (TPSA) is 41.6 Å². The van der Waals surface area contributed by atoms with Crippen LogP contribution in [-0.4, -0.2) is 36.8 Å². The molecule has 8 heteroatoms. The van der Waals surface area contributed by atoms with E-state index in [9.17, 15) is 22.4 Å². The number of nitrogens with one attached hydrogen (secondary N) is 1. The first kappa shape index (κ1) is 18.0. The molecular weight excluding hydrogens is 340 g/mol. The van der Waals surface area contributed by atoms with Crippen LogP contribution in [0, 0.1) is 11.7 Å². The largest absolute Gasteiger partial charge is 0.423 e. The van der Waals surface area contributed by atoms with Crippen molar-refractivity contribution < 1.29 is 27.1 Å². The molecule has 0 radical (unpaired) electrons. The van der Waals surface area contributed by atoms with E-state index in [0.717, 1.165) is 42.4 Å². The lowest BCUT2D eigenvalue weighted by Gasteiger charge is -2.39. The number of hydrogen-bond acceptors (Lipinski definition) is 2. The smallest absolute Gasteiger partial charge is 0.359 e. The van der Waals surface area contributed by atoms with Crippen LogP contribution < -0.4 is 5.32 Å². The summed E-state index contributed by atoms with van der Waals surface area (Å²) in [7, 11) is 0. The van der Waals surface area contributed by atoms with Gasteiger partial charge in [0, 0.05) is 17.8 Å². The van der Waals surface area contributed by atoms with E-state index in [2.05, 4.69) is 5.32 Å². The molecule has 0 spiro atoms. The van der Waals surface area contributed by atoms with Crippen molar-refractivity contribution in [2.24, 2.45) is 5.92 Å². The van der Waals surface area contributed by atoms with Crippen LogP contribution in [-0.2, 0) is 10.3 Å². The van der Waals surface area contributed by atoms with Gasteiger partial charge in [0.25, 0.3) is 0 Å². The molecule has 1 atom stereocenters. The van der Waals surface area contributed by atoms with Crippen molar-refractivity contribution in [2.45, 2.75) is 38.0 Å². The van der Waals surface area contributed by atoms with Gasteiger partial charge in [-0.2, -0.15) is 13.2 Å². The van der Waals surface area contributed by atoms with Crippen LogP contribution in [0.3, 0.4) is 0 Å². The van der Waals surface area contributed by atoms with Crippen molar-refractivity contribution in [3.63, 3.8) is 0 Å². The Kier molecular flexibility index (Phi) is 4.66. The summed E-state index contributed by atoms with van der Waals surface area (Å²) >= 11 is 0. The van der Waals surface area contributed by atoms with E-state index in [4.69, 9.17) is 4.74 Å². The predicted molar refractivity (Wildman–Crippen MR) is 83.7 cm³/mol. The number of carbonyl (C=O) groups excluding carboxylic acids is 1. The van der Waals surface area contributed by atoms with Gasteiger partial charge in [-0.05, 0) is 43.9 Å². The Balaban J connectivity index is 2.10. The zero-order valence-electron chi connectivity index (χ0n) is 13.8. The molecule has 4 nitrogen and oxygen atoms in total. The Morgan fingerprint density at radius 1 is 1.36 bits per heavy atom. The summed E-state index contributed by atoms with van der Waals surface area (Å²) in [5.74, 6) is -0.739. The highest BCUT2D eigenvalue weighted by Gasteiger charge is 2.60. The number of urea groups is 1. The Labute approximate surface area is 143 Å². The number of fused-ring (bicyclic) bond motifs is 1. The molecule has 1 saturated carbocycles. The minimum atomic E-state index is -4.81. The van der Waals surface area contributed by atoms with E-state index in [1.807, 2.05) is 0 Å². The van der Waals surface area contributed by atoms with Crippen LogP contribution in [0.1, 0.15) is 31.7 Å². The molecule has 1 heterocycles. The monoisotopic (exact) mass is 360 g/mol. The molecule has 25 heavy (non-hydrogen) atoms. The maximum Gasteiger partial charge on any atom is 0.423 e. The van der Waals surface area contributed by atoms with Gasteiger partial charge >= 0.3 is 12.2 Å². The molecule has 3 rings (SSSR count). The van der Waals surface area contributed by atoms with Gasteiger partial charge in [0.15, 0.2) is 0 Å². The summed E-state index contributed by atoms with van der Waals surface area (Å²) in [6.07, 6.45) is -2.20. The maximum absolute atomic E-state index is 14.2. The van der Waals surface area contributed by atoms with E-state index in [1.165, 1.54) is 0 Å². The minimum Gasteiger partial charge on any atom is -0.359 e. The zero-order chi connectivity index (χ0) is 18.2. The summed E-state index contributed by atoms with van der Waals surface area (Å²) in [6.45, 7) is 0.888. The highest BCUT2D eigenvalue weighted by molar-refractivity contribution is 5.91. The summed E-state index contributed by atoms with van der Waals surface area (Å²) in [6, 6.07) is 2.32. The highest BCUT2D eigenvalue weighted by atomic mass is 19.4. The predicted octanol–water partition coefficient (Wildman–Crippen LogP) is 4.27. The van der Waals surface area contributed by atoms with Crippen molar-refractivity contribution in [3.8, 4) is 0 Å². The van der Waals surface area contributed by atoms with Crippen molar-refractivity contribution >= 4 is 11.7 Å². The Morgan fingerprint density at radius 2 is 2.08 bits per heavy atom. The van der Waals surface area contributed by atoms with Crippen LogP contribution in [0.25, 0.3) is 0 Å². The first-order valence-corrected chi connectivity index (χ1v) is 8.33. The van der Waals surface area contributed by atoms with Crippen LogP contribution in [0.4, 0.5) is 28.0 Å². The number of carbonyl (C=O) groups is 1. The number of nitrogens with zero attached hydrogens (tertiary/aromatic N) is 1. The van der Waals surface area contributed by atoms with Gasteiger partial charge in [0.1, 0.15) is 5.82 Å². The lowest BCUT2D eigenvalue weighted by molar-refractivity contribution is -0.291. The molecule has 1 aromatic carbocycles. The third-order valence-corrected chi connectivity index (χ3v) is 4.99. The lowest BCUT2D eigenvalue weighted by Crippen LogP contribution is -2.53. The summed E-state index contributed by atoms with van der Waals surface area (Å²) in [5, 5.41) is 2.43. The summed E-state index contributed by atoms with van der Waals surface area (Å²) < 4.78 is 61.8. The first-order valence-electron chi connectivity index (χ1n) is 8.33. The molecule has 0 aromatic heterocycles. The molecule has 1 fully saturated rings. The number of alkyl halides is 3. The number of anilines is 1. The first-order chi connectivity index (χ1) is 11.8. The van der Waals surface area contributed by atoms with Crippen LogP contribution >= 0.6 is 0 Å². The van der Waals surface area contributed by atoms with Gasteiger partial charge < -0.3 is 15.0 Å². The third-order valence-electron chi connectivity index (χ3n) is 4.99. The Hall–Kier alpha value is -1.83. The fraction of sp³-hybridized carbons (Fsp3) is 0.588. The average molecular weight is 360 g/mol. The van der Waals surface area contributed by atoms with Crippen molar-refractivity contribution in [2.75, 3.05) is 25.0 Å². The van der Waals surface area contributed by atoms with Gasteiger partial charge in [0.2, 0.25) is 5.60 Å². The molecule has 0 unspecified atom stereocenters. The Bertz CT molecular complexity index is 661. The van der Waals surface area contributed by atoms with Crippen molar-refractivity contribution in [3.05, 3.63) is 29.6 Å². The van der Waals surface area contributed by atoms with E-state index in [-0.39, 0.29) is 30.3 Å². The van der Waals surface area contributed by atoms with Gasteiger partial charge in [-0.3, -0.25) is 0 Å². The zero-order valence-corrected chi connectivity index (χ0v) is 13.8. The molecule has 1 N–H and O–H groups in total. The normalized spacial score (nSPS) is 24.4. The van der Waals surface area contributed by atoms with E-state index < -0.39 is 30.2 Å².